The third kappa shape index (κ3) is 4.15. The molecule has 5 heteroatoms. The summed E-state index contributed by atoms with van der Waals surface area (Å²) >= 11 is 0. The van der Waals surface area contributed by atoms with Crippen molar-refractivity contribution in [2.24, 2.45) is 5.14 Å². The fourth-order valence-electron chi connectivity index (χ4n) is 2.22. The minimum atomic E-state index is -3.67. The Morgan fingerprint density at radius 2 is 1.67 bits per heavy atom. The molecule has 0 unspecified atom stereocenters. The van der Waals surface area contributed by atoms with Crippen LogP contribution in [0.2, 0.25) is 0 Å². The Bertz CT molecular complexity index is 760. The molecule has 2 rings (SSSR count). The van der Waals surface area contributed by atoms with E-state index in [0.29, 0.717) is 12.0 Å². The lowest BCUT2D eigenvalue weighted by atomic mass is 10.0. The minimum absolute atomic E-state index is 0.199. The maximum Gasteiger partial charge on any atom is 0.238 e. The Kier molecular flexibility index (Phi) is 4.73. The van der Waals surface area contributed by atoms with Gasteiger partial charge in [-0.3, -0.25) is 0 Å². The Balaban J connectivity index is 2.02. The molecule has 0 aromatic heterocycles. The van der Waals surface area contributed by atoms with Gasteiger partial charge in [-0.1, -0.05) is 30.3 Å². The van der Waals surface area contributed by atoms with Gasteiger partial charge in [-0.15, -0.1) is 0 Å². The van der Waals surface area contributed by atoms with Crippen molar-refractivity contribution < 1.29 is 8.42 Å². The number of sulfonamides is 1. The summed E-state index contributed by atoms with van der Waals surface area (Å²) in [5.41, 5.74) is 2.51. The SMILES string of the molecule is N#Cc1ccc(CCCc2ccccc2S(N)(=O)=O)cc1. The lowest BCUT2D eigenvalue weighted by molar-refractivity contribution is 0.596. The van der Waals surface area contributed by atoms with Crippen LogP contribution >= 0.6 is 0 Å². The van der Waals surface area contributed by atoms with E-state index in [1.807, 2.05) is 18.2 Å². The van der Waals surface area contributed by atoms with Crippen molar-refractivity contribution >= 4 is 10.0 Å². The van der Waals surface area contributed by atoms with Gasteiger partial charge in [0.25, 0.3) is 0 Å². The number of benzene rings is 2. The molecule has 2 aromatic carbocycles. The highest BCUT2D eigenvalue weighted by atomic mass is 32.2. The van der Waals surface area contributed by atoms with E-state index < -0.39 is 10.0 Å². The molecule has 0 bridgehead atoms. The first-order chi connectivity index (χ1) is 10.0. The van der Waals surface area contributed by atoms with E-state index in [1.165, 1.54) is 6.07 Å². The van der Waals surface area contributed by atoms with E-state index >= 15 is 0 Å². The maximum absolute atomic E-state index is 11.5. The van der Waals surface area contributed by atoms with Gasteiger partial charge in [0.1, 0.15) is 0 Å². The predicted octanol–water partition coefficient (Wildman–Crippen LogP) is 2.38. The number of nitrogens with zero attached hydrogens (tertiary/aromatic N) is 1. The Morgan fingerprint density at radius 1 is 1.00 bits per heavy atom. The van der Waals surface area contributed by atoms with Crippen LogP contribution in [0.25, 0.3) is 0 Å². The topological polar surface area (TPSA) is 83.9 Å². The molecule has 2 N–H and O–H groups in total. The Labute approximate surface area is 124 Å². The molecule has 0 aliphatic rings. The van der Waals surface area contributed by atoms with E-state index in [-0.39, 0.29) is 4.90 Å². The smallest absolute Gasteiger partial charge is 0.225 e. The number of nitriles is 1. The van der Waals surface area contributed by atoms with Crippen molar-refractivity contribution in [2.45, 2.75) is 24.2 Å². The fraction of sp³-hybridized carbons (Fsp3) is 0.188. The number of primary sulfonamides is 1. The van der Waals surface area contributed by atoms with Gasteiger partial charge in [-0.05, 0) is 48.6 Å². The third-order valence-corrected chi connectivity index (χ3v) is 4.29. The molecule has 0 atom stereocenters. The van der Waals surface area contributed by atoms with Crippen LogP contribution in [0.3, 0.4) is 0 Å². The van der Waals surface area contributed by atoms with Crippen LogP contribution in [0.5, 0.6) is 0 Å². The second kappa shape index (κ2) is 6.53. The zero-order valence-electron chi connectivity index (χ0n) is 11.5. The van der Waals surface area contributed by atoms with Gasteiger partial charge in [0.15, 0.2) is 0 Å². The summed E-state index contributed by atoms with van der Waals surface area (Å²) in [5.74, 6) is 0. The van der Waals surface area contributed by atoms with Crippen LogP contribution in [0.1, 0.15) is 23.1 Å². The Morgan fingerprint density at radius 3 is 2.29 bits per heavy atom. The number of nitrogens with two attached hydrogens (primary N) is 1. The van der Waals surface area contributed by atoms with Crippen LogP contribution in [0.4, 0.5) is 0 Å². The zero-order valence-corrected chi connectivity index (χ0v) is 12.3. The van der Waals surface area contributed by atoms with Crippen molar-refractivity contribution in [2.75, 3.05) is 0 Å². The molecule has 0 heterocycles. The fourth-order valence-corrected chi connectivity index (χ4v) is 3.02. The van der Waals surface area contributed by atoms with Crippen molar-refractivity contribution in [1.29, 1.82) is 5.26 Å². The molecule has 0 radical (unpaired) electrons. The molecule has 0 fully saturated rings. The standard InChI is InChI=1S/C16H16N2O2S/c17-12-14-10-8-13(9-11-14)4-3-6-15-5-1-2-7-16(15)21(18,19)20/h1-2,5,7-11H,3-4,6H2,(H2,18,19,20). The summed E-state index contributed by atoms with van der Waals surface area (Å²) in [7, 11) is -3.67. The molecule has 108 valence electrons. The quantitative estimate of drug-likeness (QED) is 0.920. The van der Waals surface area contributed by atoms with Crippen LogP contribution in [-0.4, -0.2) is 8.42 Å². The van der Waals surface area contributed by atoms with Crippen LogP contribution in [0.15, 0.2) is 53.4 Å². The van der Waals surface area contributed by atoms with Gasteiger partial charge in [-0.25, -0.2) is 13.6 Å². The first-order valence-corrected chi connectivity index (χ1v) is 8.15. The molecule has 21 heavy (non-hydrogen) atoms. The van der Waals surface area contributed by atoms with Gasteiger partial charge >= 0.3 is 0 Å². The molecule has 0 aliphatic carbocycles. The largest absolute Gasteiger partial charge is 0.238 e. The van der Waals surface area contributed by atoms with E-state index in [1.54, 1.807) is 24.3 Å². The number of hydrogen-bond acceptors (Lipinski definition) is 3. The monoisotopic (exact) mass is 300 g/mol. The second-order valence-corrected chi connectivity index (χ2v) is 6.34. The molecule has 4 nitrogen and oxygen atoms in total. The van der Waals surface area contributed by atoms with Gasteiger partial charge in [0, 0.05) is 0 Å². The summed E-state index contributed by atoms with van der Waals surface area (Å²) in [5, 5.41) is 14.0. The van der Waals surface area contributed by atoms with Gasteiger partial charge in [-0.2, -0.15) is 5.26 Å². The molecule has 0 spiro atoms. The molecule has 0 saturated heterocycles. The summed E-state index contributed by atoms with van der Waals surface area (Å²) in [4.78, 5) is 0.199. The molecular weight excluding hydrogens is 284 g/mol. The van der Waals surface area contributed by atoms with Crippen molar-refractivity contribution in [3.05, 3.63) is 65.2 Å². The van der Waals surface area contributed by atoms with E-state index in [0.717, 1.165) is 24.0 Å². The molecule has 0 aliphatic heterocycles. The summed E-state index contributed by atoms with van der Waals surface area (Å²) in [6, 6.07) is 16.3. The highest BCUT2D eigenvalue weighted by molar-refractivity contribution is 7.89. The lowest BCUT2D eigenvalue weighted by Gasteiger charge is -2.07. The molecule has 2 aromatic rings. The van der Waals surface area contributed by atoms with Crippen molar-refractivity contribution in [1.82, 2.24) is 0 Å². The summed E-state index contributed by atoms with van der Waals surface area (Å²) < 4.78 is 23.0. The summed E-state index contributed by atoms with van der Waals surface area (Å²) in [6.07, 6.45) is 2.29. The van der Waals surface area contributed by atoms with Crippen LogP contribution in [0, 0.1) is 11.3 Å². The average molecular weight is 300 g/mol. The minimum Gasteiger partial charge on any atom is -0.225 e. The van der Waals surface area contributed by atoms with Gasteiger partial charge in [0.05, 0.1) is 16.5 Å². The zero-order chi connectivity index (χ0) is 15.3. The molecular formula is C16H16N2O2S. The highest BCUT2D eigenvalue weighted by Crippen LogP contribution is 2.17. The second-order valence-electron chi connectivity index (χ2n) is 4.82. The van der Waals surface area contributed by atoms with Crippen molar-refractivity contribution in [3.8, 4) is 6.07 Å². The van der Waals surface area contributed by atoms with Gasteiger partial charge in [0.2, 0.25) is 10.0 Å². The number of aryl methyl sites for hydroxylation is 2. The highest BCUT2D eigenvalue weighted by Gasteiger charge is 2.12. The lowest BCUT2D eigenvalue weighted by Crippen LogP contribution is -2.14. The molecule has 0 saturated carbocycles. The first kappa shape index (κ1) is 15.2. The maximum atomic E-state index is 11.5. The average Bonchev–Trinajstić information content (AvgIpc) is 2.47. The van der Waals surface area contributed by atoms with Crippen molar-refractivity contribution in [3.63, 3.8) is 0 Å². The van der Waals surface area contributed by atoms with Gasteiger partial charge < -0.3 is 0 Å². The number of hydrogen-bond donors (Lipinski definition) is 1. The third-order valence-electron chi connectivity index (χ3n) is 3.27. The molecule has 0 amide bonds. The first-order valence-electron chi connectivity index (χ1n) is 6.60. The van der Waals surface area contributed by atoms with Crippen LogP contribution in [-0.2, 0) is 22.9 Å². The normalized spacial score (nSPS) is 11.0. The Hall–Kier alpha value is -2.16. The van der Waals surface area contributed by atoms with E-state index in [2.05, 4.69) is 6.07 Å². The van der Waals surface area contributed by atoms with Crippen LogP contribution < -0.4 is 5.14 Å². The predicted molar refractivity (Wildman–Crippen MR) is 81.0 cm³/mol. The van der Waals surface area contributed by atoms with E-state index in [9.17, 15) is 8.42 Å². The summed E-state index contributed by atoms with van der Waals surface area (Å²) in [6.45, 7) is 0. The van der Waals surface area contributed by atoms with E-state index in [4.69, 9.17) is 10.4 Å². The number of rotatable bonds is 5.